The zero-order chi connectivity index (χ0) is 9.26. The van der Waals surface area contributed by atoms with Gasteiger partial charge in [0, 0.05) is 13.0 Å². The van der Waals surface area contributed by atoms with Crippen LogP contribution in [0, 0.1) is 0 Å². The minimum Gasteiger partial charge on any atom is -0.366 e. The van der Waals surface area contributed by atoms with Crippen LogP contribution in [-0.2, 0) is 16.0 Å². The molecule has 0 radical (unpaired) electrons. The fourth-order valence-corrected chi connectivity index (χ4v) is 1.75. The van der Waals surface area contributed by atoms with E-state index in [1.54, 1.807) is 0 Å². The molecule has 1 unspecified atom stereocenters. The van der Waals surface area contributed by atoms with Crippen LogP contribution in [0.5, 0.6) is 0 Å². The molecule has 0 fully saturated rings. The van der Waals surface area contributed by atoms with Crippen molar-refractivity contribution in [2.75, 3.05) is 6.61 Å². The third kappa shape index (κ3) is 1.38. The summed E-state index contributed by atoms with van der Waals surface area (Å²) in [7, 11) is 0. The Morgan fingerprint density at radius 3 is 3.00 bits per heavy atom. The van der Waals surface area contributed by atoms with Crippen LogP contribution in [0.25, 0.3) is 0 Å². The second-order valence-electron chi connectivity index (χ2n) is 3.18. The average molecular weight is 176 g/mol. The van der Waals surface area contributed by atoms with Crippen molar-refractivity contribution in [3.05, 3.63) is 35.4 Å². The number of ketones is 1. The van der Waals surface area contributed by atoms with E-state index in [9.17, 15) is 4.79 Å². The third-order valence-corrected chi connectivity index (χ3v) is 2.33. The Bertz CT molecular complexity index is 331. The number of benzene rings is 1. The van der Waals surface area contributed by atoms with Crippen molar-refractivity contribution in [2.24, 2.45) is 0 Å². The van der Waals surface area contributed by atoms with E-state index in [0.717, 1.165) is 11.1 Å². The Balaban J connectivity index is 2.35. The van der Waals surface area contributed by atoms with Gasteiger partial charge in [-0.05, 0) is 18.1 Å². The van der Waals surface area contributed by atoms with E-state index in [4.69, 9.17) is 4.74 Å². The number of carbonyl (C=O) groups excluding carboxylic acids is 1. The van der Waals surface area contributed by atoms with Crippen LogP contribution >= 0.6 is 0 Å². The number of ether oxygens (including phenoxy) is 1. The maximum atomic E-state index is 11.5. The van der Waals surface area contributed by atoms with Gasteiger partial charge in [0.1, 0.15) is 6.10 Å². The number of fused-ring (bicyclic) bond motifs is 1. The minimum absolute atomic E-state index is 0.183. The first kappa shape index (κ1) is 8.45. The molecule has 0 saturated heterocycles. The van der Waals surface area contributed by atoms with E-state index < -0.39 is 0 Å². The maximum Gasteiger partial charge on any atom is 0.170 e. The van der Waals surface area contributed by atoms with Crippen LogP contribution in [0.2, 0.25) is 0 Å². The van der Waals surface area contributed by atoms with Gasteiger partial charge < -0.3 is 4.74 Å². The van der Waals surface area contributed by atoms with Gasteiger partial charge in [0.05, 0.1) is 0 Å². The molecule has 1 atom stereocenters. The van der Waals surface area contributed by atoms with Crippen LogP contribution in [0.1, 0.15) is 24.2 Å². The van der Waals surface area contributed by atoms with Gasteiger partial charge in [0.2, 0.25) is 0 Å². The van der Waals surface area contributed by atoms with Crippen LogP contribution in [0.4, 0.5) is 0 Å². The summed E-state index contributed by atoms with van der Waals surface area (Å²) in [6.45, 7) is 2.50. The van der Waals surface area contributed by atoms with Crippen molar-refractivity contribution in [1.82, 2.24) is 0 Å². The Hall–Kier alpha value is -1.15. The lowest BCUT2D eigenvalue weighted by Crippen LogP contribution is -2.09. The molecule has 0 saturated carbocycles. The normalized spacial score (nSPS) is 20.4. The minimum atomic E-state index is -0.304. The number of carbonyl (C=O) groups is 1. The summed E-state index contributed by atoms with van der Waals surface area (Å²) in [5.41, 5.74) is 2.17. The van der Waals surface area contributed by atoms with Crippen molar-refractivity contribution in [3.63, 3.8) is 0 Å². The number of rotatable bonds is 2. The summed E-state index contributed by atoms with van der Waals surface area (Å²) in [6, 6.07) is 7.87. The highest BCUT2D eigenvalue weighted by atomic mass is 16.5. The summed E-state index contributed by atoms with van der Waals surface area (Å²) < 4.78 is 5.39. The lowest BCUT2D eigenvalue weighted by atomic mass is 10.1. The summed E-state index contributed by atoms with van der Waals surface area (Å²) in [5, 5.41) is 0. The molecule has 0 bridgehead atoms. The molecule has 0 spiro atoms. The van der Waals surface area contributed by atoms with Crippen LogP contribution in [0.15, 0.2) is 24.3 Å². The second kappa shape index (κ2) is 3.30. The molecule has 1 aliphatic rings. The first-order valence-corrected chi connectivity index (χ1v) is 4.55. The van der Waals surface area contributed by atoms with Crippen molar-refractivity contribution in [2.45, 2.75) is 19.4 Å². The second-order valence-corrected chi connectivity index (χ2v) is 3.18. The molecule has 0 aliphatic heterocycles. The monoisotopic (exact) mass is 176 g/mol. The number of hydrogen-bond donors (Lipinski definition) is 0. The molecule has 0 amide bonds. The smallest absolute Gasteiger partial charge is 0.170 e. The van der Waals surface area contributed by atoms with Crippen molar-refractivity contribution in [3.8, 4) is 0 Å². The van der Waals surface area contributed by atoms with E-state index in [0.29, 0.717) is 13.0 Å². The maximum absolute atomic E-state index is 11.5. The fraction of sp³-hybridized carbons (Fsp3) is 0.364. The predicted molar refractivity (Wildman–Crippen MR) is 49.5 cm³/mol. The van der Waals surface area contributed by atoms with E-state index in [1.165, 1.54) is 0 Å². The lowest BCUT2D eigenvalue weighted by molar-refractivity contribution is -0.128. The highest BCUT2D eigenvalue weighted by molar-refractivity contribution is 5.91. The summed E-state index contributed by atoms with van der Waals surface area (Å²) in [5.74, 6) is 0.183. The van der Waals surface area contributed by atoms with Gasteiger partial charge >= 0.3 is 0 Å². The largest absolute Gasteiger partial charge is 0.366 e. The van der Waals surface area contributed by atoms with Gasteiger partial charge in [-0.15, -0.1) is 0 Å². The molecule has 13 heavy (non-hydrogen) atoms. The molecule has 1 aliphatic carbocycles. The summed E-state index contributed by atoms with van der Waals surface area (Å²) in [4.78, 5) is 11.5. The third-order valence-electron chi connectivity index (χ3n) is 2.33. The molecule has 0 N–H and O–H groups in total. The number of hydrogen-bond acceptors (Lipinski definition) is 2. The van der Waals surface area contributed by atoms with Crippen LogP contribution in [0.3, 0.4) is 0 Å². The predicted octanol–water partition coefficient (Wildman–Crippen LogP) is 1.89. The zero-order valence-electron chi connectivity index (χ0n) is 7.62. The van der Waals surface area contributed by atoms with Gasteiger partial charge in [-0.1, -0.05) is 24.3 Å². The van der Waals surface area contributed by atoms with Gasteiger partial charge in [-0.25, -0.2) is 0 Å². The topological polar surface area (TPSA) is 26.3 Å². The van der Waals surface area contributed by atoms with E-state index in [1.807, 2.05) is 31.2 Å². The Morgan fingerprint density at radius 1 is 1.46 bits per heavy atom. The van der Waals surface area contributed by atoms with E-state index >= 15 is 0 Å². The molecule has 2 nitrogen and oxygen atoms in total. The van der Waals surface area contributed by atoms with Gasteiger partial charge in [-0.3, -0.25) is 4.79 Å². The molecule has 2 rings (SSSR count). The average Bonchev–Trinajstić information content (AvgIpc) is 2.44. The van der Waals surface area contributed by atoms with Crippen LogP contribution in [-0.4, -0.2) is 12.4 Å². The zero-order valence-corrected chi connectivity index (χ0v) is 7.62. The van der Waals surface area contributed by atoms with E-state index in [-0.39, 0.29) is 11.9 Å². The Morgan fingerprint density at radius 2 is 2.23 bits per heavy atom. The molecular weight excluding hydrogens is 164 g/mol. The standard InChI is InChI=1S/C11H12O2/c1-2-13-11-9-6-4-3-5-8(9)7-10(11)12/h3-6,11H,2,7H2,1H3. The highest BCUT2D eigenvalue weighted by Gasteiger charge is 2.30. The van der Waals surface area contributed by atoms with E-state index in [2.05, 4.69) is 0 Å². The summed E-state index contributed by atoms with van der Waals surface area (Å²) in [6.07, 6.45) is 0.224. The summed E-state index contributed by atoms with van der Waals surface area (Å²) >= 11 is 0. The molecule has 68 valence electrons. The van der Waals surface area contributed by atoms with Crippen LogP contribution < -0.4 is 0 Å². The highest BCUT2D eigenvalue weighted by Crippen LogP contribution is 2.30. The fourth-order valence-electron chi connectivity index (χ4n) is 1.75. The van der Waals surface area contributed by atoms with Gasteiger partial charge in [0.15, 0.2) is 5.78 Å². The molecule has 2 heteroatoms. The molecule has 1 aromatic rings. The first-order chi connectivity index (χ1) is 6.33. The molecule has 0 heterocycles. The number of Topliss-reactive ketones (excluding diaryl/α,β-unsaturated/α-hetero) is 1. The van der Waals surface area contributed by atoms with Crippen molar-refractivity contribution < 1.29 is 9.53 Å². The molecule has 1 aromatic carbocycles. The lowest BCUT2D eigenvalue weighted by Gasteiger charge is -2.09. The molecule has 0 aromatic heterocycles. The van der Waals surface area contributed by atoms with Crippen molar-refractivity contribution in [1.29, 1.82) is 0 Å². The van der Waals surface area contributed by atoms with Gasteiger partial charge in [0.25, 0.3) is 0 Å². The Kier molecular flexibility index (Phi) is 2.15. The van der Waals surface area contributed by atoms with Crippen molar-refractivity contribution >= 4 is 5.78 Å². The Labute approximate surface area is 77.5 Å². The SMILES string of the molecule is CCOC1C(=O)Cc2ccccc21. The van der Waals surface area contributed by atoms with Gasteiger partial charge in [-0.2, -0.15) is 0 Å². The first-order valence-electron chi connectivity index (χ1n) is 4.55. The quantitative estimate of drug-likeness (QED) is 0.687. The molecular formula is C11H12O2.